The second kappa shape index (κ2) is 8.37. The third kappa shape index (κ3) is 4.10. The fourth-order valence-electron chi connectivity index (χ4n) is 4.43. The lowest BCUT2D eigenvalue weighted by Gasteiger charge is -2.21. The van der Waals surface area contributed by atoms with Gasteiger partial charge in [-0.2, -0.15) is 5.10 Å². The normalized spacial score (nSPS) is 18.8. The highest BCUT2D eigenvalue weighted by molar-refractivity contribution is 5.87. The molecule has 2 aromatic heterocycles. The van der Waals surface area contributed by atoms with Crippen LogP contribution in [0.25, 0.3) is 11.0 Å². The van der Waals surface area contributed by atoms with E-state index in [1.54, 1.807) is 4.90 Å². The molecular formula is C23H26N6O2. The van der Waals surface area contributed by atoms with E-state index >= 15 is 0 Å². The number of amides is 2. The Bertz CT molecular complexity index is 1100. The summed E-state index contributed by atoms with van der Waals surface area (Å²) in [5, 5.41) is 11.7. The molecule has 2 fully saturated rings. The zero-order valence-corrected chi connectivity index (χ0v) is 17.4. The first-order chi connectivity index (χ1) is 15.2. The molecule has 2 aliphatic rings. The Morgan fingerprint density at radius 3 is 2.84 bits per heavy atom. The van der Waals surface area contributed by atoms with Crippen molar-refractivity contribution in [2.24, 2.45) is 0 Å². The second-order valence-electron chi connectivity index (χ2n) is 8.29. The molecule has 160 valence electrons. The van der Waals surface area contributed by atoms with E-state index in [1.807, 2.05) is 35.2 Å². The SMILES string of the molecule is O=C1CCCN1CC(=O)N1CC[C@@H](c2ccc3c(NCc4ccccc4)n[nH]c3n2)C1. The zero-order valence-electron chi connectivity index (χ0n) is 17.4. The number of nitrogens with one attached hydrogen (secondary N) is 2. The second-order valence-corrected chi connectivity index (χ2v) is 8.29. The van der Waals surface area contributed by atoms with Crippen LogP contribution in [0.15, 0.2) is 42.5 Å². The van der Waals surface area contributed by atoms with Crippen LogP contribution < -0.4 is 5.32 Å². The number of pyridine rings is 1. The number of likely N-dealkylation sites (tertiary alicyclic amines) is 2. The van der Waals surface area contributed by atoms with Crippen molar-refractivity contribution in [2.75, 3.05) is 31.5 Å². The number of H-pyrrole nitrogens is 1. The van der Waals surface area contributed by atoms with Gasteiger partial charge in [0, 0.05) is 44.2 Å². The van der Waals surface area contributed by atoms with Crippen molar-refractivity contribution in [1.82, 2.24) is 25.0 Å². The predicted octanol–water partition coefficient (Wildman–Crippen LogP) is 2.51. The van der Waals surface area contributed by atoms with Crippen LogP contribution >= 0.6 is 0 Å². The van der Waals surface area contributed by atoms with Crippen LogP contribution in [0.2, 0.25) is 0 Å². The fourth-order valence-corrected chi connectivity index (χ4v) is 4.43. The minimum absolute atomic E-state index is 0.0350. The molecule has 0 aliphatic carbocycles. The predicted molar refractivity (Wildman–Crippen MR) is 117 cm³/mol. The summed E-state index contributed by atoms with van der Waals surface area (Å²) in [4.78, 5) is 32.7. The first-order valence-corrected chi connectivity index (χ1v) is 10.9. The van der Waals surface area contributed by atoms with E-state index in [0.29, 0.717) is 32.6 Å². The van der Waals surface area contributed by atoms with Gasteiger partial charge in [0.15, 0.2) is 11.5 Å². The average Bonchev–Trinajstić information content (AvgIpc) is 3.53. The molecule has 0 saturated carbocycles. The molecule has 1 aromatic carbocycles. The lowest BCUT2D eigenvalue weighted by atomic mass is 10.0. The van der Waals surface area contributed by atoms with E-state index in [0.717, 1.165) is 35.4 Å². The standard InChI is InChI=1S/C23H26N6O2/c30-20-7-4-11-28(20)15-21(31)29-12-10-17(14-29)19-9-8-18-22(26-27-23(18)25-19)24-13-16-5-2-1-3-6-16/h1-3,5-6,8-9,17H,4,7,10-15H2,(H2,24,25,26,27)/t17-/m1/s1. The van der Waals surface area contributed by atoms with Gasteiger partial charge in [-0.25, -0.2) is 4.98 Å². The van der Waals surface area contributed by atoms with Gasteiger partial charge in [-0.3, -0.25) is 14.7 Å². The number of rotatable bonds is 6. The van der Waals surface area contributed by atoms with Crippen molar-refractivity contribution < 1.29 is 9.59 Å². The molecule has 2 saturated heterocycles. The van der Waals surface area contributed by atoms with Crippen molar-refractivity contribution in [3.63, 3.8) is 0 Å². The van der Waals surface area contributed by atoms with Gasteiger partial charge in [-0.1, -0.05) is 30.3 Å². The number of anilines is 1. The van der Waals surface area contributed by atoms with E-state index in [2.05, 4.69) is 27.6 Å². The smallest absolute Gasteiger partial charge is 0.242 e. The topological polar surface area (TPSA) is 94.2 Å². The maximum atomic E-state index is 12.6. The lowest BCUT2D eigenvalue weighted by molar-refractivity contribution is -0.137. The van der Waals surface area contributed by atoms with Gasteiger partial charge in [0.05, 0.1) is 11.9 Å². The Labute approximate surface area is 180 Å². The number of aromatic amines is 1. The molecule has 0 radical (unpaired) electrons. The van der Waals surface area contributed by atoms with Gasteiger partial charge >= 0.3 is 0 Å². The fraction of sp³-hybridized carbons (Fsp3) is 0.391. The van der Waals surface area contributed by atoms with E-state index in [1.165, 1.54) is 5.56 Å². The van der Waals surface area contributed by atoms with Crippen molar-refractivity contribution in [1.29, 1.82) is 0 Å². The summed E-state index contributed by atoms with van der Waals surface area (Å²) in [6.45, 7) is 2.95. The van der Waals surface area contributed by atoms with Crippen LogP contribution in [0.1, 0.15) is 36.4 Å². The Kier molecular flexibility index (Phi) is 5.28. The largest absolute Gasteiger partial charge is 0.364 e. The number of aromatic nitrogens is 3. The van der Waals surface area contributed by atoms with Crippen molar-refractivity contribution in [3.8, 4) is 0 Å². The molecule has 2 N–H and O–H groups in total. The molecular weight excluding hydrogens is 392 g/mol. The van der Waals surface area contributed by atoms with Crippen molar-refractivity contribution in [2.45, 2.75) is 31.7 Å². The molecule has 0 unspecified atom stereocenters. The van der Waals surface area contributed by atoms with Crippen LogP contribution in [-0.4, -0.2) is 63.0 Å². The molecule has 2 aliphatic heterocycles. The first-order valence-electron chi connectivity index (χ1n) is 10.9. The van der Waals surface area contributed by atoms with Gasteiger partial charge in [0.2, 0.25) is 11.8 Å². The molecule has 8 heteroatoms. The third-order valence-corrected chi connectivity index (χ3v) is 6.21. The average molecular weight is 419 g/mol. The zero-order chi connectivity index (χ0) is 21.2. The first kappa shape index (κ1) is 19.5. The highest BCUT2D eigenvalue weighted by Gasteiger charge is 2.31. The van der Waals surface area contributed by atoms with Gasteiger partial charge in [0.1, 0.15) is 0 Å². The quantitative estimate of drug-likeness (QED) is 0.642. The lowest BCUT2D eigenvalue weighted by Crippen LogP contribution is -2.39. The summed E-state index contributed by atoms with van der Waals surface area (Å²) < 4.78 is 0. The number of nitrogens with zero attached hydrogens (tertiary/aromatic N) is 4. The minimum atomic E-state index is 0.0350. The van der Waals surface area contributed by atoms with Crippen LogP contribution in [0.4, 0.5) is 5.82 Å². The van der Waals surface area contributed by atoms with E-state index in [4.69, 9.17) is 4.98 Å². The van der Waals surface area contributed by atoms with Gasteiger partial charge in [-0.05, 0) is 30.5 Å². The Morgan fingerprint density at radius 2 is 2.03 bits per heavy atom. The number of hydrogen-bond donors (Lipinski definition) is 2. The highest BCUT2D eigenvalue weighted by Crippen LogP contribution is 2.29. The van der Waals surface area contributed by atoms with Crippen LogP contribution in [0.5, 0.6) is 0 Å². The Balaban J connectivity index is 1.23. The van der Waals surface area contributed by atoms with Gasteiger partial charge in [0.25, 0.3) is 0 Å². The molecule has 4 heterocycles. The molecule has 8 nitrogen and oxygen atoms in total. The van der Waals surface area contributed by atoms with Crippen LogP contribution in [0.3, 0.4) is 0 Å². The molecule has 31 heavy (non-hydrogen) atoms. The molecule has 0 spiro atoms. The molecule has 1 atom stereocenters. The number of carbonyl (C=O) groups excluding carboxylic acids is 2. The number of benzene rings is 1. The maximum Gasteiger partial charge on any atom is 0.242 e. The van der Waals surface area contributed by atoms with Crippen LogP contribution in [0, 0.1) is 0 Å². The molecule has 0 bridgehead atoms. The summed E-state index contributed by atoms with van der Waals surface area (Å²) in [7, 11) is 0. The van der Waals surface area contributed by atoms with E-state index < -0.39 is 0 Å². The van der Waals surface area contributed by atoms with E-state index in [9.17, 15) is 9.59 Å². The summed E-state index contributed by atoms with van der Waals surface area (Å²) in [5.74, 6) is 1.11. The van der Waals surface area contributed by atoms with Crippen molar-refractivity contribution >= 4 is 28.7 Å². The summed E-state index contributed by atoms with van der Waals surface area (Å²) in [6.07, 6.45) is 2.29. The van der Waals surface area contributed by atoms with Crippen LogP contribution in [-0.2, 0) is 16.1 Å². The summed E-state index contributed by atoms with van der Waals surface area (Å²) in [6, 6.07) is 14.3. The number of fused-ring (bicyclic) bond motifs is 1. The summed E-state index contributed by atoms with van der Waals surface area (Å²) in [5.41, 5.74) is 2.91. The maximum absolute atomic E-state index is 12.6. The number of hydrogen-bond acceptors (Lipinski definition) is 5. The number of carbonyl (C=O) groups is 2. The Hall–Kier alpha value is -3.42. The third-order valence-electron chi connectivity index (χ3n) is 6.21. The van der Waals surface area contributed by atoms with Gasteiger partial charge in [-0.15, -0.1) is 0 Å². The molecule has 2 amide bonds. The minimum Gasteiger partial charge on any atom is -0.364 e. The molecule has 5 rings (SSSR count). The van der Waals surface area contributed by atoms with E-state index in [-0.39, 0.29) is 24.3 Å². The van der Waals surface area contributed by atoms with Crippen molar-refractivity contribution in [3.05, 3.63) is 53.7 Å². The molecule has 3 aromatic rings. The Morgan fingerprint density at radius 1 is 1.16 bits per heavy atom. The van der Waals surface area contributed by atoms with Gasteiger partial charge < -0.3 is 15.1 Å². The highest BCUT2D eigenvalue weighted by atomic mass is 16.2. The monoisotopic (exact) mass is 418 g/mol. The summed E-state index contributed by atoms with van der Waals surface area (Å²) >= 11 is 0.